The number of anilines is 2. The third-order valence-corrected chi connectivity index (χ3v) is 9.61. The number of carbonyl (C=O) groups excluding carboxylic acids is 3. The van der Waals surface area contributed by atoms with Gasteiger partial charge < -0.3 is 21.1 Å². The monoisotopic (exact) mass is 717 g/mol. The molecule has 8 rings (SSSR count). The summed E-state index contributed by atoms with van der Waals surface area (Å²) >= 11 is 2.41. The minimum atomic E-state index is -1.14. The zero-order valence-corrected chi connectivity index (χ0v) is 27.7. The van der Waals surface area contributed by atoms with Gasteiger partial charge in [-0.1, -0.05) is 22.7 Å². The van der Waals surface area contributed by atoms with Crippen LogP contribution in [0.1, 0.15) is 53.3 Å². The number of aromatic carboxylic acids is 1. The first kappa shape index (κ1) is 32.5. The van der Waals surface area contributed by atoms with Crippen LogP contribution < -0.4 is 27.1 Å². The van der Waals surface area contributed by atoms with Crippen molar-refractivity contribution in [3.63, 3.8) is 0 Å². The van der Waals surface area contributed by atoms with Crippen LogP contribution in [0.3, 0.4) is 0 Å². The molecular weight excluding hydrogens is 691 g/mol. The Morgan fingerprint density at radius 1 is 0.780 bits per heavy atom. The van der Waals surface area contributed by atoms with Crippen LogP contribution in [0.5, 0.6) is 0 Å². The van der Waals surface area contributed by atoms with Crippen LogP contribution in [0.15, 0.2) is 46.2 Å². The predicted octanol–water partition coefficient (Wildman–Crippen LogP) is 2.49. The van der Waals surface area contributed by atoms with Crippen molar-refractivity contribution < 1.29 is 24.3 Å². The number of hydrogen-bond donors (Lipinski definition) is 6. The largest absolute Gasteiger partial charge is 0.478 e. The van der Waals surface area contributed by atoms with Crippen LogP contribution in [0.25, 0.3) is 32.3 Å². The number of aromatic amines is 2. The van der Waals surface area contributed by atoms with Gasteiger partial charge in [0.15, 0.2) is 33.2 Å². The molecule has 6 aromatic rings. The predicted molar refractivity (Wildman–Crippen MR) is 182 cm³/mol. The summed E-state index contributed by atoms with van der Waals surface area (Å²) in [5, 5.41) is 31.8. The maximum absolute atomic E-state index is 12.3. The second-order valence-electron chi connectivity index (χ2n) is 11.4. The Bertz CT molecular complexity index is 2430. The molecule has 2 aliphatic rings. The number of aromatic nitrogens is 8. The fourth-order valence-corrected chi connectivity index (χ4v) is 6.59. The van der Waals surface area contributed by atoms with Crippen molar-refractivity contribution in [1.82, 2.24) is 44.8 Å². The molecule has 0 unspecified atom stereocenters. The van der Waals surface area contributed by atoms with Crippen molar-refractivity contribution in [2.75, 3.05) is 17.2 Å². The molecular formula is C30H27N11O7S2. The van der Waals surface area contributed by atoms with Crippen LogP contribution in [-0.4, -0.2) is 74.8 Å². The van der Waals surface area contributed by atoms with Crippen molar-refractivity contribution in [2.45, 2.75) is 32.6 Å². The number of carboxylic acid groups (broad SMARTS) is 1. The summed E-state index contributed by atoms with van der Waals surface area (Å²) in [4.78, 5) is 79.7. The molecule has 6 heterocycles. The number of amides is 3. The van der Waals surface area contributed by atoms with Crippen molar-refractivity contribution in [3.8, 4) is 11.6 Å². The number of carboxylic acids is 1. The normalized spacial score (nSPS) is 13.9. The van der Waals surface area contributed by atoms with Gasteiger partial charge in [-0.15, -0.1) is 0 Å². The van der Waals surface area contributed by atoms with Crippen molar-refractivity contribution in [1.29, 1.82) is 0 Å². The van der Waals surface area contributed by atoms with E-state index in [1.165, 1.54) is 63.9 Å². The van der Waals surface area contributed by atoms with Gasteiger partial charge in [0.05, 0.1) is 11.1 Å². The van der Waals surface area contributed by atoms with E-state index in [1.54, 1.807) is 0 Å². The fourth-order valence-electron chi connectivity index (χ4n) is 4.78. The number of nitrogens with one attached hydrogen (secondary N) is 5. The molecule has 18 nitrogen and oxygen atoms in total. The van der Waals surface area contributed by atoms with Gasteiger partial charge in [0.1, 0.15) is 9.40 Å². The lowest BCUT2D eigenvalue weighted by molar-refractivity contribution is -0.118. The molecule has 50 heavy (non-hydrogen) atoms. The standard InChI is InChI=1S/C16H16N6O3S.C14H11N5O4S/c1-2-17-14(24)9-5-6-10(23)22(7-9)13-11-12(20-21-13)18-16(26-11)19-15(25)8-3-4-8;20-8-4-3-7(13(22)23)5-19(8)11-9-10(17-18-11)15-14(24-9)16-12(21)6-1-2-6/h5-8H,2-4H2,1H3,(H,17,24)(H2,18,19,20,21,25);3-6H,1-2H2,(H,22,23)(H2,15,16,17,18,21). The Morgan fingerprint density at radius 3 is 1.68 bits per heavy atom. The molecule has 0 saturated heterocycles. The molecule has 256 valence electrons. The molecule has 0 aliphatic heterocycles. The molecule has 0 spiro atoms. The van der Waals surface area contributed by atoms with E-state index in [0.717, 1.165) is 30.3 Å². The number of carbonyl (C=O) groups is 4. The number of nitrogens with zero attached hydrogens (tertiary/aromatic N) is 6. The number of thiazole rings is 2. The third kappa shape index (κ3) is 6.65. The van der Waals surface area contributed by atoms with Crippen LogP contribution in [0.2, 0.25) is 0 Å². The van der Waals surface area contributed by atoms with Gasteiger partial charge in [-0.3, -0.25) is 43.3 Å². The highest BCUT2D eigenvalue weighted by Crippen LogP contribution is 2.34. The summed E-state index contributed by atoms with van der Waals surface area (Å²) in [6.07, 6.45) is 6.25. The average Bonchev–Trinajstić information content (AvgIpc) is 3.97. The van der Waals surface area contributed by atoms with Gasteiger partial charge in [0, 0.05) is 42.9 Å². The highest BCUT2D eigenvalue weighted by Gasteiger charge is 2.31. The van der Waals surface area contributed by atoms with Crippen LogP contribution >= 0.6 is 22.7 Å². The minimum absolute atomic E-state index is 0.0301. The van der Waals surface area contributed by atoms with E-state index in [0.29, 0.717) is 48.9 Å². The lowest BCUT2D eigenvalue weighted by Gasteiger charge is -2.05. The molecule has 2 aliphatic carbocycles. The van der Waals surface area contributed by atoms with Gasteiger partial charge in [-0.25, -0.2) is 14.8 Å². The van der Waals surface area contributed by atoms with E-state index < -0.39 is 11.5 Å². The van der Waals surface area contributed by atoms with Gasteiger partial charge in [0.25, 0.3) is 17.0 Å². The highest BCUT2D eigenvalue weighted by molar-refractivity contribution is 7.23. The van der Waals surface area contributed by atoms with Crippen LogP contribution in [0, 0.1) is 11.8 Å². The second-order valence-corrected chi connectivity index (χ2v) is 13.4. The van der Waals surface area contributed by atoms with Gasteiger partial charge in [-0.05, 0) is 44.7 Å². The quantitative estimate of drug-likeness (QED) is 0.127. The number of H-pyrrole nitrogens is 2. The Labute approximate surface area is 287 Å². The van der Waals surface area contributed by atoms with Crippen LogP contribution in [-0.2, 0) is 9.59 Å². The zero-order valence-electron chi connectivity index (χ0n) is 26.1. The van der Waals surface area contributed by atoms with Crippen molar-refractivity contribution in [3.05, 3.63) is 68.5 Å². The van der Waals surface area contributed by atoms with E-state index in [2.05, 4.69) is 46.3 Å². The topological polar surface area (TPSA) is 252 Å². The minimum Gasteiger partial charge on any atom is -0.478 e. The fraction of sp³-hybridized carbons (Fsp3) is 0.267. The molecule has 3 amide bonds. The highest BCUT2D eigenvalue weighted by atomic mass is 32.1. The smallest absolute Gasteiger partial charge is 0.337 e. The van der Waals surface area contributed by atoms with E-state index in [1.807, 2.05) is 6.92 Å². The Kier molecular flexibility index (Phi) is 8.53. The van der Waals surface area contributed by atoms with Gasteiger partial charge in [-0.2, -0.15) is 10.2 Å². The maximum atomic E-state index is 12.3. The Hall–Kier alpha value is -6.02. The molecule has 6 N–H and O–H groups in total. The lowest BCUT2D eigenvalue weighted by atomic mass is 10.2. The summed E-state index contributed by atoms with van der Waals surface area (Å²) in [5.74, 6) is -0.779. The first-order valence-corrected chi connectivity index (χ1v) is 17.0. The summed E-state index contributed by atoms with van der Waals surface area (Å²) in [6, 6.07) is 5.20. The van der Waals surface area contributed by atoms with Crippen LogP contribution in [0.4, 0.5) is 10.3 Å². The first-order chi connectivity index (χ1) is 24.1. The van der Waals surface area contributed by atoms with E-state index >= 15 is 0 Å². The molecule has 0 atom stereocenters. The molecule has 2 fully saturated rings. The Morgan fingerprint density at radius 2 is 1.24 bits per heavy atom. The van der Waals surface area contributed by atoms with E-state index in [-0.39, 0.29) is 46.5 Å². The van der Waals surface area contributed by atoms with Gasteiger partial charge in [0.2, 0.25) is 11.8 Å². The second kappa shape index (κ2) is 13.1. The van der Waals surface area contributed by atoms with E-state index in [9.17, 15) is 28.8 Å². The molecule has 0 bridgehead atoms. The zero-order chi connectivity index (χ0) is 35.1. The molecule has 0 radical (unpaired) electrons. The third-order valence-electron chi connectivity index (χ3n) is 7.68. The average molecular weight is 718 g/mol. The SMILES string of the molecule is CCNC(=O)c1ccc(=O)n(-c2n[nH]c3nc(NC(=O)C4CC4)sc23)c1.O=C(O)c1ccc(=O)n(-c2n[nH]c3nc(NC(=O)C4CC4)sc23)c1. The summed E-state index contributed by atoms with van der Waals surface area (Å²) in [5.41, 5.74) is 0.501. The molecule has 0 aromatic carbocycles. The summed E-state index contributed by atoms with van der Waals surface area (Å²) in [6.45, 7) is 2.31. The van der Waals surface area contributed by atoms with Crippen molar-refractivity contribution in [2.24, 2.45) is 11.8 Å². The number of pyridine rings is 2. The first-order valence-electron chi connectivity index (χ1n) is 15.4. The molecule has 20 heteroatoms. The summed E-state index contributed by atoms with van der Waals surface area (Å²) < 4.78 is 3.64. The number of fused-ring (bicyclic) bond motifs is 2. The summed E-state index contributed by atoms with van der Waals surface area (Å²) in [7, 11) is 0. The number of rotatable bonds is 9. The lowest BCUT2D eigenvalue weighted by Crippen LogP contribution is -2.26. The van der Waals surface area contributed by atoms with Gasteiger partial charge >= 0.3 is 5.97 Å². The molecule has 6 aromatic heterocycles. The maximum Gasteiger partial charge on any atom is 0.337 e. The number of hydrogen-bond acceptors (Lipinski definition) is 12. The van der Waals surface area contributed by atoms with E-state index in [4.69, 9.17) is 5.11 Å². The van der Waals surface area contributed by atoms with Crippen molar-refractivity contribution >= 4 is 77.3 Å². The Balaban J connectivity index is 0.000000157. The molecule has 2 saturated carbocycles.